The van der Waals surface area contributed by atoms with Crippen LogP contribution < -0.4 is 5.32 Å². The third-order valence-corrected chi connectivity index (χ3v) is 3.34. The summed E-state index contributed by atoms with van der Waals surface area (Å²) in [6.07, 6.45) is 3.19. The zero-order valence-electron chi connectivity index (χ0n) is 12.9. The summed E-state index contributed by atoms with van der Waals surface area (Å²) >= 11 is 1.61. The molecule has 0 bridgehead atoms. The first-order valence-electron chi connectivity index (χ1n) is 6.72. The molecule has 0 aromatic carbocycles. The Kier molecular flexibility index (Phi) is 8.14. The number of esters is 1. The smallest absolute Gasteiger partial charge is 0.329 e. The van der Waals surface area contributed by atoms with Gasteiger partial charge in [-0.2, -0.15) is 11.8 Å². The van der Waals surface area contributed by atoms with Gasteiger partial charge in [0.15, 0.2) is 0 Å². The van der Waals surface area contributed by atoms with Crippen molar-refractivity contribution >= 4 is 23.6 Å². The van der Waals surface area contributed by atoms with Gasteiger partial charge >= 0.3 is 5.97 Å². The Morgan fingerprint density at radius 1 is 1.32 bits per heavy atom. The van der Waals surface area contributed by atoms with Gasteiger partial charge in [0.05, 0.1) is 0 Å². The molecule has 0 heterocycles. The van der Waals surface area contributed by atoms with Crippen LogP contribution in [0.2, 0.25) is 0 Å². The summed E-state index contributed by atoms with van der Waals surface area (Å²) in [6, 6.07) is -0.557. The zero-order valence-corrected chi connectivity index (χ0v) is 13.7. The highest BCUT2D eigenvalue weighted by molar-refractivity contribution is 7.98. The Labute approximate surface area is 121 Å². The largest absolute Gasteiger partial charge is 0.458 e. The lowest BCUT2D eigenvalue weighted by atomic mass is 9.98. The second kappa shape index (κ2) is 8.46. The highest BCUT2D eigenvalue weighted by Crippen LogP contribution is 2.15. The van der Waals surface area contributed by atoms with Crippen LogP contribution in [0.15, 0.2) is 0 Å². The first-order valence-corrected chi connectivity index (χ1v) is 8.11. The molecule has 0 fully saturated rings. The minimum atomic E-state index is -0.557. The van der Waals surface area contributed by atoms with Crippen LogP contribution in [0.25, 0.3) is 0 Å². The normalized spacial score (nSPS) is 14.6. The van der Waals surface area contributed by atoms with Crippen LogP contribution in [-0.4, -0.2) is 35.5 Å². The molecule has 0 spiro atoms. The maximum atomic E-state index is 12.1. The van der Waals surface area contributed by atoms with Gasteiger partial charge in [-0.25, -0.2) is 4.79 Å². The number of ether oxygens (including phenoxy) is 1. The lowest BCUT2D eigenvalue weighted by Crippen LogP contribution is -2.47. The van der Waals surface area contributed by atoms with Gasteiger partial charge < -0.3 is 10.1 Å². The van der Waals surface area contributed by atoms with Crippen LogP contribution in [0.3, 0.4) is 0 Å². The number of nitrogens with one attached hydrogen (secondary N) is 1. The molecule has 112 valence electrons. The molecular weight excluding hydrogens is 262 g/mol. The number of amides is 1. The van der Waals surface area contributed by atoms with E-state index in [4.69, 9.17) is 4.74 Å². The van der Waals surface area contributed by atoms with Crippen LogP contribution >= 0.6 is 11.8 Å². The topological polar surface area (TPSA) is 55.4 Å². The molecular formula is C14H27NO3S. The molecule has 5 heteroatoms. The van der Waals surface area contributed by atoms with E-state index in [1.807, 2.05) is 40.9 Å². The minimum Gasteiger partial charge on any atom is -0.458 e. The van der Waals surface area contributed by atoms with Crippen LogP contribution in [-0.2, 0) is 14.3 Å². The van der Waals surface area contributed by atoms with Gasteiger partial charge in [-0.3, -0.25) is 4.79 Å². The molecule has 0 aliphatic carbocycles. The molecule has 0 saturated heterocycles. The summed E-state index contributed by atoms with van der Waals surface area (Å²) in [5, 5.41) is 2.80. The van der Waals surface area contributed by atoms with Crippen molar-refractivity contribution in [3.63, 3.8) is 0 Å². The first-order chi connectivity index (χ1) is 8.71. The van der Waals surface area contributed by atoms with E-state index < -0.39 is 11.6 Å². The average molecular weight is 289 g/mol. The quantitative estimate of drug-likeness (QED) is 0.732. The molecule has 0 radical (unpaired) electrons. The Morgan fingerprint density at radius 3 is 2.32 bits per heavy atom. The number of rotatable bonds is 7. The summed E-state index contributed by atoms with van der Waals surface area (Å²) in [5.41, 5.74) is -0.535. The Morgan fingerprint density at radius 2 is 1.89 bits per heavy atom. The third kappa shape index (κ3) is 8.14. The number of hydrogen-bond acceptors (Lipinski definition) is 4. The van der Waals surface area contributed by atoms with Gasteiger partial charge in [-0.1, -0.05) is 20.3 Å². The van der Waals surface area contributed by atoms with E-state index in [1.165, 1.54) is 0 Å². The second-order valence-electron chi connectivity index (χ2n) is 5.71. The number of hydrogen-bond donors (Lipinski definition) is 1. The van der Waals surface area contributed by atoms with Crippen LogP contribution in [0.5, 0.6) is 0 Å². The lowest BCUT2D eigenvalue weighted by molar-refractivity contribution is -0.160. The fraction of sp³-hybridized carbons (Fsp3) is 0.857. The first kappa shape index (κ1) is 18.3. The van der Waals surface area contributed by atoms with Crippen molar-refractivity contribution in [3.8, 4) is 0 Å². The van der Waals surface area contributed by atoms with E-state index in [0.717, 1.165) is 12.2 Å². The van der Waals surface area contributed by atoms with Gasteiger partial charge in [-0.05, 0) is 32.9 Å². The van der Waals surface area contributed by atoms with Gasteiger partial charge in [-0.15, -0.1) is 0 Å². The lowest BCUT2D eigenvalue weighted by Gasteiger charge is -2.27. The van der Waals surface area contributed by atoms with Crippen molar-refractivity contribution < 1.29 is 14.3 Å². The van der Waals surface area contributed by atoms with Crippen LogP contribution in [0.4, 0.5) is 0 Å². The Hall–Kier alpha value is -0.710. The molecule has 0 aliphatic heterocycles. The summed E-state index contributed by atoms with van der Waals surface area (Å²) in [6.45, 7) is 9.43. The minimum absolute atomic E-state index is 0.0630. The molecule has 0 aromatic rings. The average Bonchev–Trinajstić information content (AvgIpc) is 2.30. The second-order valence-corrected chi connectivity index (χ2v) is 6.69. The summed E-state index contributed by atoms with van der Waals surface area (Å²) < 4.78 is 5.37. The van der Waals surface area contributed by atoms with Crippen molar-refractivity contribution in [1.29, 1.82) is 0 Å². The molecule has 2 atom stereocenters. The van der Waals surface area contributed by atoms with Crippen molar-refractivity contribution in [2.24, 2.45) is 5.92 Å². The molecule has 1 amide bonds. The molecule has 0 aliphatic rings. The van der Waals surface area contributed by atoms with E-state index in [2.05, 4.69) is 5.32 Å². The van der Waals surface area contributed by atoms with Gasteiger partial charge in [0.25, 0.3) is 0 Å². The number of thioether (sulfide) groups is 1. The van der Waals surface area contributed by atoms with Crippen molar-refractivity contribution in [2.45, 2.75) is 59.1 Å². The van der Waals surface area contributed by atoms with E-state index in [0.29, 0.717) is 6.42 Å². The maximum Gasteiger partial charge on any atom is 0.329 e. The summed E-state index contributed by atoms with van der Waals surface area (Å²) in [4.78, 5) is 23.9. The van der Waals surface area contributed by atoms with E-state index in [-0.39, 0.29) is 17.8 Å². The van der Waals surface area contributed by atoms with Gasteiger partial charge in [0.2, 0.25) is 5.91 Å². The zero-order chi connectivity index (χ0) is 15.1. The highest BCUT2D eigenvalue weighted by atomic mass is 32.2. The van der Waals surface area contributed by atoms with E-state index in [9.17, 15) is 9.59 Å². The van der Waals surface area contributed by atoms with Crippen LogP contribution in [0, 0.1) is 5.92 Å². The highest BCUT2D eigenvalue weighted by Gasteiger charge is 2.30. The van der Waals surface area contributed by atoms with Crippen LogP contribution in [0.1, 0.15) is 47.5 Å². The van der Waals surface area contributed by atoms with Crippen molar-refractivity contribution in [1.82, 2.24) is 5.32 Å². The van der Waals surface area contributed by atoms with Crippen molar-refractivity contribution in [3.05, 3.63) is 0 Å². The molecule has 0 saturated carbocycles. The fourth-order valence-electron chi connectivity index (χ4n) is 1.47. The predicted molar refractivity (Wildman–Crippen MR) is 80.2 cm³/mol. The molecule has 0 aromatic heterocycles. The van der Waals surface area contributed by atoms with Gasteiger partial charge in [0, 0.05) is 12.2 Å². The maximum absolute atomic E-state index is 12.1. The molecule has 0 rings (SSSR count). The number of carbonyl (C=O) groups is 2. The SMILES string of the molecule is CC[C@H](C)[C@H](NC(=O)CCSC)C(=O)OC(C)(C)C. The predicted octanol–water partition coefficient (Wildman–Crippen LogP) is 2.61. The number of carbonyl (C=O) groups excluding carboxylic acids is 2. The van der Waals surface area contributed by atoms with Crippen molar-refractivity contribution in [2.75, 3.05) is 12.0 Å². The standard InChI is InChI=1S/C14H27NO3S/c1-7-10(2)12(13(17)18-14(3,4)5)15-11(16)8-9-19-6/h10,12H,7-9H2,1-6H3,(H,15,16)/t10-,12-/m0/s1. The molecule has 19 heavy (non-hydrogen) atoms. The fourth-order valence-corrected chi connectivity index (χ4v) is 1.86. The summed E-state index contributed by atoms with van der Waals surface area (Å²) in [5.74, 6) is 0.380. The summed E-state index contributed by atoms with van der Waals surface area (Å²) in [7, 11) is 0. The third-order valence-electron chi connectivity index (χ3n) is 2.72. The van der Waals surface area contributed by atoms with Gasteiger partial charge in [0.1, 0.15) is 11.6 Å². The Bertz CT molecular complexity index is 300. The molecule has 4 nitrogen and oxygen atoms in total. The molecule has 0 unspecified atom stereocenters. The van der Waals surface area contributed by atoms with E-state index >= 15 is 0 Å². The monoisotopic (exact) mass is 289 g/mol. The molecule has 1 N–H and O–H groups in total. The van der Waals surface area contributed by atoms with E-state index in [1.54, 1.807) is 11.8 Å². The Balaban J connectivity index is 4.63.